The first-order chi connectivity index (χ1) is 14.7. The minimum Gasteiger partial charge on any atom is -0.375 e. The van der Waals surface area contributed by atoms with Crippen LogP contribution in [0.1, 0.15) is 6.92 Å². The first-order valence-electron chi connectivity index (χ1n) is 9.88. The number of para-hydroxylation sites is 1. The average Bonchev–Trinajstić information content (AvgIpc) is 3.43. The largest absolute Gasteiger partial charge is 0.375 e. The van der Waals surface area contributed by atoms with Gasteiger partial charge >= 0.3 is 0 Å². The maximum Gasteiger partial charge on any atom is 0.248 e. The topological polar surface area (TPSA) is 75.9 Å². The molecular weight excluding hydrogens is 400 g/mol. The van der Waals surface area contributed by atoms with Crippen LogP contribution in [0.3, 0.4) is 0 Å². The molecule has 8 nitrogen and oxygen atoms in total. The van der Waals surface area contributed by atoms with Crippen LogP contribution < -0.4 is 4.90 Å². The van der Waals surface area contributed by atoms with Gasteiger partial charge in [-0.25, -0.2) is 9.38 Å². The SMILES string of the molecule is COCC(=O)N1CCN(c2nc3ccccc3c3nnc(-c4cccs4)n23)C[C@@H]1C. The first-order valence-corrected chi connectivity index (χ1v) is 10.8. The predicted molar refractivity (Wildman–Crippen MR) is 117 cm³/mol. The number of thiophene rings is 1. The fourth-order valence-corrected chi connectivity index (χ4v) is 4.76. The van der Waals surface area contributed by atoms with Crippen molar-refractivity contribution >= 4 is 39.7 Å². The maximum absolute atomic E-state index is 12.4. The molecule has 0 unspecified atom stereocenters. The van der Waals surface area contributed by atoms with Gasteiger partial charge in [-0.15, -0.1) is 21.5 Å². The number of hydrogen-bond acceptors (Lipinski definition) is 7. The molecule has 30 heavy (non-hydrogen) atoms. The lowest BCUT2D eigenvalue weighted by Crippen LogP contribution is -2.55. The van der Waals surface area contributed by atoms with E-state index in [1.54, 1.807) is 18.4 Å². The third-order valence-electron chi connectivity index (χ3n) is 5.47. The fraction of sp³-hybridized carbons (Fsp3) is 0.333. The predicted octanol–water partition coefficient (Wildman–Crippen LogP) is 2.69. The summed E-state index contributed by atoms with van der Waals surface area (Å²) in [4.78, 5) is 22.5. The number of fused-ring (bicyclic) bond motifs is 3. The van der Waals surface area contributed by atoms with E-state index >= 15 is 0 Å². The fourth-order valence-electron chi connectivity index (χ4n) is 4.06. The van der Waals surface area contributed by atoms with Gasteiger partial charge < -0.3 is 14.5 Å². The van der Waals surface area contributed by atoms with Gasteiger partial charge in [0.15, 0.2) is 11.5 Å². The number of carbonyl (C=O) groups excluding carboxylic acids is 1. The molecule has 154 valence electrons. The summed E-state index contributed by atoms with van der Waals surface area (Å²) in [7, 11) is 1.55. The number of amides is 1. The summed E-state index contributed by atoms with van der Waals surface area (Å²) in [6, 6.07) is 12.1. The second kappa shape index (κ2) is 7.66. The second-order valence-corrected chi connectivity index (χ2v) is 8.35. The molecule has 0 spiro atoms. The summed E-state index contributed by atoms with van der Waals surface area (Å²) in [5.41, 5.74) is 1.68. The van der Waals surface area contributed by atoms with Gasteiger partial charge in [0.2, 0.25) is 11.9 Å². The maximum atomic E-state index is 12.4. The van der Waals surface area contributed by atoms with E-state index in [4.69, 9.17) is 9.72 Å². The highest BCUT2D eigenvalue weighted by Crippen LogP contribution is 2.31. The van der Waals surface area contributed by atoms with Crippen LogP contribution in [0.25, 0.3) is 27.3 Å². The van der Waals surface area contributed by atoms with Gasteiger partial charge in [0, 0.05) is 38.2 Å². The van der Waals surface area contributed by atoms with Crippen molar-refractivity contribution in [2.45, 2.75) is 13.0 Å². The van der Waals surface area contributed by atoms with Crippen molar-refractivity contribution in [2.75, 3.05) is 38.3 Å². The van der Waals surface area contributed by atoms with E-state index in [0.29, 0.717) is 19.6 Å². The van der Waals surface area contributed by atoms with Crippen LogP contribution in [-0.4, -0.2) is 69.8 Å². The summed E-state index contributed by atoms with van der Waals surface area (Å²) in [6.45, 7) is 4.15. The molecule has 1 amide bonds. The Morgan fingerprint density at radius 1 is 1.20 bits per heavy atom. The zero-order valence-electron chi connectivity index (χ0n) is 16.9. The minimum absolute atomic E-state index is 0.0184. The molecule has 9 heteroatoms. The number of benzene rings is 1. The third-order valence-corrected chi connectivity index (χ3v) is 6.33. The van der Waals surface area contributed by atoms with Gasteiger partial charge in [-0.1, -0.05) is 18.2 Å². The van der Waals surface area contributed by atoms with Crippen LogP contribution in [0.4, 0.5) is 5.95 Å². The number of carbonyl (C=O) groups is 1. The van der Waals surface area contributed by atoms with E-state index in [1.165, 1.54) is 0 Å². The van der Waals surface area contributed by atoms with Crippen molar-refractivity contribution < 1.29 is 9.53 Å². The number of methoxy groups -OCH3 is 1. The van der Waals surface area contributed by atoms with E-state index in [2.05, 4.69) is 22.0 Å². The van der Waals surface area contributed by atoms with Crippen LogP contribution in [-0.2, 0) is 9.53 Å². The second-order valence-electron chi connectivity index (χ2n) is 7.40. The monoisotopic (exact) mass is 422 g/mol. The van der Waals surface area contributed by atoms with Crippen LogP contribution in [0, 0.1) is 0 Å². The average molecular weight is 423 g/mol. The lowest BCUT2D eigenvalue weighted by Gasteiger charge is -2.40. The molecule has 0 aliphatic carbocycles. The zero-order valence-corrected chi connectivity index (χ0v) is 17.7. The highest BCUT2D eigenvalue weighted by Gasteiger charge is 2.30. The Kier molecular flexibility index (Phi) is 4.84. The number of anilines is 1. The lowest BCUT2D eigenvalue weighted by atomic mass is 10.2. The molecule has 5 rings (SSSR count). The van der Waals surface area contributed by atoms with E-state index in [0.717, 1.165) is 33.2 Å². The van der Waals surface area contributed by atoms with Gasteiger partial charge in [0.05, 0.1) is 10.4 Å². The molecule has 0 N–H and O–H groups in total. The van der Waals surface area contributed by atoms with Crippen LogP contribution >= 0.6 is 11.3 Å². The molecule has 0 saturated carbocycles. The standard InChI is InChI=1S/C21H22N6O2S/c1-14-12-25(9-10-26(14)18(28)13-29-2)21-22-16-7-4-3-6-15(16)19-23-24-20(27(19)21)17-8-5-11-30-17/h3-8,11,14H,9-10,12-13H2,1-2H3/t14-/m0/s1. The van der Waals surface area contributed by atoms with Crippen molar-refractivity contribution in [3.8, 4) is 10.7 Å². The van der Waals surface area contributed by atoms with Crippen LogP contribution in [0.5, 0.6) is 0 Å². The quantitative estimate of drug-likeness (QED) is 0.503. The summed E-state index contributed by atoms with van der Waals surface area (Å²) in [6.07, 6.45) is 0. The Morgan fingerprint density at radius 2 is 2.07 bits per heavy atom. The molecule has 4 aromatic rings. The first kappa shape index (κ1) is 19.0. The van der Waals surface area contributed by atoms with Gasteiger partial charge in [-0.3, -0.25) is 4.79 Å². The van der Waals surface area contributed by atoms with Gasteiger partial charge in [-0.05, 0) is 30.5 Å². The number of nitrogens with zero attached hydrogens (tertiary/aromatic N) is 6. The van der Waals surface area contributed by atoms with Gasteiger partial charge in [-0.2, -0.15) is 0 Å². The van der Waals surface area contributed by atoms with Crippen molar-refractivity contribution in [3.05, 3.63) is 41.8 Å². The molecule has 1 saturated heterocycles. The lowest BCUT2D eigenvalue weighted by molar-refractivity contribution is -0.137. The van der Waals surface area contributed by atoms with Crippen molar-refractivity contribution in [1.29, 1.82) is 0 Å². The van der Waals surface area contributed by atoms with Crippen molar-refractivity contribution in [1.82, 2.24) is 24.5 Å². The normalized spacial score (nSPS) is 17.2. The third kappa shape index (κ3) is 3.10. The molecule has 0 bridgehead atoms. The number of rotatable bonds is 4. The molecular formula is C21H22N6O2S. The summed E-state index contributed by atoms with van der Waals surface area (Å²) in [5, 5.41) is 12.0. The molecule has 1 atom stereocenters. The molecule has 4 heterocycles. The van der Waals surface area contributed by atoms with Crippen molar-refractivity contribution in [2.24, 2.45) is 0 Å². The Balaban J connectivity index is 1.61. The summed E-state index contributed by atoms with van der Waals surface area (Å²) >= 11 is 1.63. The van der Waals surface area contributed by atoms with Crippen molar-refractivity contribution in [3.63, 3.8) is 0 Å². The van der Waals surface area contributed by atoms with E-state index in [1.807, 2.05) is 51.1 Å². The highest BCUT2D eigenvalue weighted by atomic mass is 32.1. The van der Waals surface area contributed by atoms with E-state index in [-0.39, 0.29) is 18.6 Å². The molecule has 1 fully saturated rings. The number of piperazine rings is 1. The highest BCUT2D eigenvalue weighted by molar-refractivity contribution is 7.13. The van der Waals surface area contributed by atoms with Crippen LogP contribution in [0.15, 0.2) is 41.8 Å². The van der Waals surface area contributed by atoms with E-state index in [9.17, 15) is 4.79 Å². The number of aromatic nitrogens is 4. The Bertz CT molecular complexity index is 1210. The molecule has 1 aliphatic rings. The molecule has 1 aliphatic heterocycles. The van der Waals surface area contributed by atoms with Gasteiger partial charge in [0.25, 0.3) is 0 Å². The Hall–Kier alpha value is -3.04. The van der Waals surface area contributed by atoms with E-state index < -0.39 is 0 Å². The molecule has 1 aromatic carbocycles. The summed E-state index contributed by atoms with van der Waals surface area (Å²) < 4.78 is 7.08. The van der Waals surface area contributed by atoms with Gasteiger partial charge in [0.1, 0.15) is 6.61 Å². The number of ether oxygens (including phenoxy) is 1. The zero-order chi connectivity index (χ0) is 20.7. The summed E-state index contributed by atoms with van der Waals surface area (Å²) in [5.74, 6) is 1.62. The number of hydrogen-bond donors (Lipinski definition) is 0. The molecule has 3 aromatic heterocycles. The Labute approximate surface area is 177 Å². The Morgan fingerprint density at radius 3 is 2.83 bits per heavy atom. The molecule has 0 radical (unpaired) electrons. The minimum atomic E-state index is 0.0184. The van der Waals surface area contributed by atoms with Crippen LogP contribution in [0.2, 0.25) is 0 Å². The smallest absolute Gasteiger partial charge is 0.248 e.